The third kappa shape index (κ3) is 5.40. The van der Waals surface area contributed by atoms with E-state index in [1.54, 1.807) is 4.90 Å². The molecule has 1 aliphatic heterocycles. The smallest absolute Gasteiger partial charge is 0.225 e. The van der Waals surface area contributed by atoms with Crippen LogP contribution in [-0.2, 0) is 4.79 Å². The zero-order chi connectivity index (χ0) is 19.1. The Morgan fingerprint density at radius 1 is 1.11 bits per heavy atom. The lowest BCUT2D eigenvalue weighted by Gasteiger charge is -2.33. The maximum Gasteiger partial charge on any atom is 0.225 e. The summed E-state index contributed by atoms with van der Waals surface area (Å²) in [7, 11) is 4.15. The molecule has 2 aromatic rings. The molecule has 1 aromatic heterocycles. The monoisotopic (exact) mass is 368 g/mol. The van der Waals surface area contributed by atoms with Crippen LogP contribution in [0.1, 0.15) is 6.42 Å². The Balaban J connectivity index is 1.79. The van der Waals surface area contributed by atoms with Gasteiger partial charge in [-0.05, 0) is 27.1 Å². The number of benzene rings is 1. The van der Waals surface area contributed by atoms with Crippen molar-refractivity contribution < 1.29 is 4.79 Å². The highest BCUT2D eigenvalue weighted by Gasteiger charge is 2.18. The van der Waals surface area contributed by atoms with Gasteiger partial charge in [0.2, 0.25) is 12.4 Å². The van der Waals surface area contributed by atoms with Crippen LogP contribution in [0.15, 0.2) is 36.4 Å². The van der Waals surface area contributed by atoms with E-state index >= 15 is 0 Å². The number of hydrogen-bond acceptors (Lipinski definition) is 6. The maximum absolute atomic E-state index is 11.0. The van der Waals surface area contributed by atoms with Gasteiger partial charge in [-0.3, -0.25) is 4.79 Å². The van der Waals surface area contributed by atoms with Crippen LogP contribution in [0, 0.1) is 0 Å². The molecular formula is C20H28N6O. The minimum absolute atomic E-state index is 0.655. The molecule has 0 atom stereocenters. The molecule has 1 N–H and O–H groups in total. The average molecular weight is 368 g/mol. The molecule has 3 rings (SSSR count). The van der Waals surface area contributed by atoms with Crippen LogP contribution in [0.2, 0.25) is 0 Å². The summed E-state index contributed by atoms with van der Waals surface area (Å²) >= 11 is 0. The zero-order valence-electron chi connectivity index (χ0n) is 16.1. The SMILES string of the molecule is CN(C)CCCNc1nc(-c2ccccc2)cc(N2CCN(C=O)CC2)n1. The second kappa shape index (κ2) is 9.32. The minimum Gasteiger partial charge on any atom is -0.354 e. The molecule has 1 amide bonds. The molecule has 0 spiro atoms. The second-order valence-electron chi connectivity index (χ2n) is 7.01. The molecule has 0 unspecified atom stereocenters. The van der Waals surface area contributed by atoms with Crippen molar-refractivity contribution in [1.82, 2.24) is 19.8 Å². The average Bonchev–Trinajstić information content (AvgIpc) is 2.71. The van der Waals surface area contributed by atoms with Crippen LogP contribution >= 0.6 is 0 Å². The topological polar surface area (TPSA) is 64.6 Å². The summed E-state index contributed by atoms with van der Waals surface area (Å²) in [5.41, 5.74) is 1.98. The van der Waals surface area contributed by atoms with E-state index in [1.807, 2.05) is 24.3 Å². The molecule has 7 heteroatoms. The Bertz CT molecular complexity index is 729. The van der Waals surface area contributed by atoms with Crippen LogP contribution in [-0.4, -0.2) is 79.5 Å². The van der Waals surface area contributed by atoms with Crippen LogP contribution in [0.4, 0.5) is 11.8 Å². The van der Waals surface area contributed by atoms with Gasteiger partial charge < -0.3 is 20.0 Å². The van der Waals surface area contributed by atoms with Gasteiger partial charge in [0.15, 0.2) is 0 Å². The molecule has 27 heavy (non-hydrogen) atoms. The van der Waals surface area contributed by atoms with E-state index in [4.69, 9.17) is 9.97 Å². The van der Waals surface area contributed by atoms with Crippen molar-refractivity contribution in [3.8, 4) is 11.3 Å². The lowest BCUT2D eigenvalue weighted by molar-refractivity contribution is -0.118. The number of hydrogen-bond donors (Lipinski definition) is 1. The fourth-order valence-corrected chi connectivity index (χ4v) is 3.08. The van der Waals surface area contributed by atoms with Crippen molar-refractivity contribution in [1.29, 1.82) is 0 Å². The van der Waals surface area contributed by atoms with Gasteiger partial charge in [0.05, 0.1) is 5.69 Å². The van der Waals surface area contributed by atoms with Gasteiger partial charge in [0.25, 0.3) is 0 Å². The second-order valence-corrected chi connectivity index (χ2v) is 7.01. The molecule has 2 heterocycles. The minimum atomic E-state index is 0.655. The molecule has 0 bridgehead atoms. The first-order chi connectivity index (χ1) is 13.2. The van der Waals surface area contributed by atoms with Crippen molar-refractivity contribution in [3.63, 3.8) is 0 Å². The third-order valence-corrected chi connectivity index (χ3v) is 4.63. The van der Waals surface area contributed by atoms with Gasteiger partial charge in [-0.2, -0.15) is 4.98 Å². The van der Waals surface area contributed by atoms with Crippen molar-refractivity contribution in [2.24, 2.45) is 0 Å². The molecule has 7 nitrogen and oxygen atoms in total. The lowest BCUT2D eigenvalue weighted by atomic mass is 10.1. The number of anilines is 2. The number of nitrogens with one attached hydrogen (secondary N) is 1. The van der Waals surface area contributed by atoms with Crippen molar-refractivity contribution >= 4 is 18.2 Å². The summed E-state index contributed by atoms with van der Waals surface area (Å²) in [5.74, 6) is 1.56. The van der Waals surface area contributed by atoms with Crippen LogP contribution < -0.4 is 10.2 Å². The van der Waals surface area contributed by atoms with E-state index in [9.17, 15) is 4.79 Å². The summed E-state index contributed by atoms with van der Waals surface area (Å²) in [6.45, 7) is 4.86. The highest BCUT2D eigenvalue weighted by molar-refractivity contribution is 5.65. The number of rotatable bonds is 8. The quantitative estimate of drug-likeness (QED) is 0.566. The first kappa shape index (κ1) is 19.1. The van der Waals surface area contributed by atoms with E-state index in [0.29, 0.717) is 5.95 Å². The fourth-order valence-electron chi connectivity index (χ4n) is 3.08. The van der Waals surface area contributed by atoms with Gasteiger partial charge in [0.1, 0.15) is 5.82 Å². The lowest BCUT2D eigenvalue weighted by Crippen LogP contribution is -2.46. The zero-order valence-corrected chi connectivity index (χ0v) is 16.1. The van der Waals surface area contributed by atoms with Gasteiger partial charge in [0, 0.05) is 44.4 Å². The van der Waals surface area contributed by atoms with Crippen molar-refractivity contribution in [2.45, 2.75) is 6.42 Å². The molecule has 1 fully saturated rings. The van der Waals surface area contributed by atoms with Crippen molar-refractivity contribution in [2.75, 3.05) is 63.6 Å². The highest BCUT2D eigenvalue weighted by atomic mass is 16.1. The largest absolute Gasteiger partial charge is 0.354 e. The van der Waals surface area contributed by atoms with Gasteiger partial charge in [-0.1, -0.05) is 30.3 Å². The van der Waals surface area contributed by atoms with Gasteiger partial charge >= 0.3 is 0 Å². The first-order valence-corrected chi connectivity index (χ1v) is 9.43. The predicted octanol–water partition coefficient (Wildman–Crippen LogP) is 1.79. The molecule has 1 aliphatic rings. The highest BCUT2D eigenvalue weighted by Crippen LogP contribution is 2.24. The molecule has 144 valence electrons. The van der Waals surface area contributed by atoms with E-state index in [0.717, 1.165) is 69.2 Å². The summed E-state index contributed by atoms with van der Waals surface area (Å²) in [6.07, 6.45) is 1.95. The summed E-state index contributed by atoms with van der Waals surface area (Å²) < 4.78 is 0. The molecule has 1 aromatic carbocycles. The number of carbonyl (C=O) groups is 1. The Hall–Kier alpha value is -2.67. The fraction of sp³-hybridized carbons (Fsp3) is 0.450. The van der Waals surface area contributed by atoms with Crippen LogP contribution in [0.5, 0.6) is 0 Å². The Kier molecular flexibility index (Phi) is 6.59. The van der Waals surface area contributed by atoms with Crippen molar-refractivity contribution in [3.05, 3.63) is 36.4 Å². The first-order valence-electron chi connectivity index (χ1n) is 9.43. The summed E-state index contributed by atoms with van der Waals surface area (Å²) in [6, 6.07) is 12.2. The normalized spacial score (nSPS) is 14.5. The third-order valence-electron chi connectivity index (χ3n) is 4.63. The molecule has 1 saturated heterocycles. The Morgan fingerprint density at radius 2 is 1.85 bits per heavy atom. The Labute approximate surface area is 161 Å². The van der Waals surface area contributed by atoms with Gasteiger partial charge in [-0.25, -0.2) is 4.98 Å². The number of piperazine rings is 1. The van der Waals surface area contributed by atoms with E-state index < -0.39 is 0 Å². The molecule has 0 aliphatic carbocycles. The van der Waals surface area contributed by atoms with E-state index in [1.165, 1.54) is 0 Å². The van der Waals surface area contributed by atoms with Crippen LogP contribution in [0.3, 0.4) is 0 Å². The standard InChI is InChI=1S/C20H28N6O/c1-24(2)10-6-9-21-20-22-18(17-7-4-3-5-8-17)15-19(23-20)26-13-11-25(16-27)12-14-26/h3-5,7-8,15-16H,6,9-14H2,1-2H3,(H,21,22,23). The van der Waals surface area contributed by atoms with Gasteiger partial charge in [-0.15, -0.1) is 0 Å². The Morgan fingerprint density at radius 3 is 2.52 bits per heavy atom. The van der Waals surface area contributed by atoms with E-state index in [2.05, 4.69) is 41.3 Å². The van der Waals surface area contributed by atoms with E-state index in [-0.39, 0.29) is 0 Å². The molecule has 0 radical (unpaired) electrons. The number of aromatic nitrogens is 2. The molecule has 0 saturated carbocycles. The number of amides is 1. The molecular weight excluding hydrogens is 340 g/mol. The number of carbonyl (C=O) groups excluding carboxylic acids is 1. The number of nitrogens with zero attached hydrogens (tertiary/aromatic N) is 5. The maximum atomic E-state index is 11.0. The predicted molar refractivity (Wildman–Crippen MR) is 109 cm³/mol. The van der Waals surface area contributed by atoms with Crippen LogP contribution in [0.25, 0.3) is 11.3 Å². The summed E-state index contributed by atoms with van der Waals surface area (Å²) in [5, 5.41) is 3.37. The summed E-state index contributed by atoms with van der Waals surface area (Å²) in [4.78, 5) is 26.6.